The second-order valence-electron chi connectivity index (χ2n) is 7.41. The van der Waals surface area contributed by atoms with Crippen molar-refractivity contribution in [3.8, 4) is 0 Å². The summed E-state index contributed by atoms with van der Waals surface area (Å²) in [4.78, 5) is 24.6. The second kappa shape index (κ2) is 8.53. The van der Waals surface area contributed by atoms with E-state index in [0.717, 1.165) is 63.5 Å². The molecule has 5 heteroatoms. The van der Waals surface area contributed by atoms with E-state index in [9.17, 15) is 4.79 Å². The van der Waals surface area contributed by atoms with Crippen LogP contribution in [-0.2, 0) is 4.79 Å². The van der Waals surface area contributed by atoms with Crippen LogP contribution in [0, 0.1) is 0 Å². The van der Waals surface area contributed by atoms with Gasteiger partial charge >= 0.3 is 0 Å². The molecule has 0 spiro atoms. The van der Waals surface area contributed by atoms with Gasteiger partial charge in [-0.3, -0.25) is 9.69 Å². The van der Waals surface area contributed by atoms with Crippen molar-refractivity contribution in [2.45, 2.75) is 25.3 Å². The average molecular weight is 364 g/mol. The highest BCUT2D eigenvalue weighted by atomic mass is 16.2. The first-order valence-corrected chi connectivity index (χ1v) is 10.1. The molecule has 3 heterocycles. The minimum atomic E-state index is -0.171. The normalized spacial score (nSPS) is 19.7. The SMILES string of the molecule is O=C([C@@H](c1ccccc1)N1CCN(c2ccccn2)CC1)N1CCCCC1. The Kier molecular flexibility index (Phi) is 5.68. The van der Waals surface area contributed by atoms with Crippen LogP contribution in [0.5, 0.6) is 0 Å². The highest BCUT2D eigenvalue weighted by molar-refractivity contribution is 5.83. The first-order valence-electron chi connectivity index (χ1n) is 10.1. The van der Waals surface area contributed by atoms with Gasteiger partial charge in [-0.15, -0.1) is 0 Å². The number of hydrogen-bond acceptors (Lipinski definition) is 4. The lowest BCUT2D eigenvalue weighted by Crippen LogP contribution is -2.52. The summed E-state index contributed by atoms with van der Waals surface area (Å²) in [5.41, 5.74) is 1.11. The second-order valence-corrected chi connectivity index (χ2v) is 7.41. The highest BCUT2D eigenvalue weighted by Gasteiger charge is 2.33. The molecule has 0 radical (unpaired) electrons. The van der Waals surface area contributed by atoms with Crippen LogP contribution in [0.15, 0.2) is 54.7 Å². The van der Waals surface area contributed by atoms with Crippen LogP contribution in [0.25, 0.3) is 0 Å². The van der Waals surface area contributed by atoms with Gasteiger partial charge in [0.05, 0.1) is 0 Å². The van der Waals surface area contributed by atoms with E-state index in [2.05, 4.69) is 37.9 Å². The van der Waals surface area contributed by atoms with Crippen LogP contribution in [0.2, 0.25) is 0 Å². The van der Waals surface area contributed by atoms with E-state index in [1.54, 1.807) is 0 Å². The van der Waals surface area contributed by atoms with Crippen molar-refractivity contribution in [2.24, 2.45) is 0 Å². The number of pyridine rings is 1. The van der Waals surface area contributed by atoms with Gasteiger partial charge in [0.25, 0.3) is 0 Å². The number of nitrogens with zero attached hydrogens (tertiary/aromatic N) is 4. The topological polar surface area (TPSA) is 39.7 Å². The molecule has 4 rings (SSSR count). The standard InChI is InChI=1S/C22H28N4O/c27-22(26-13-7-2-8-14-26)21(19-9-3-1-4-10-19)25-17-15-24(16-18-25)20-11-5-6-12-23-20/h1,3-6,9-12,21H,2,7-8,13-18H2/t21-/m1/s1. The summed E-state index contributed by atoms with van der Waals surface area (Å²) in [5.74, 6) is 1.29. The van der Waals surface area contributed by atoms with Gasteiger partial charge in [-0.25, -0.2) is 4.98 Å². The van der Waals surface area contributed by atoms with Crippen LogP contribution in [-0.4, -0.2) is 60.0 Å². The van der Waals surface area contributed by atoms with Crippen LogP contribution < -0.4 is 4.90 Å². The van der Waals surface area contributed by atoms with Crippen LogP contribution in [0.3, 0.4) is 0 Å². The molecule has 2 saturated heterocycles. The van der Waals surface area contributed by atoms with Gasteiger partial charge in [0.2, 0.25) is 5.91 Å². The Morgan fingerprint density at radius 3 is 2.19 bits per heavy atom. The summed E-state index contributed by atoms with van der Waals surface area (Å²) in [6.45, 7) is 5.33. The van der Waals surface area contributed by atoms with Gasteiger partial charge in [-0.2, -0.15) is 0 Å². The third-order valence-corrected chi connectivity index (χ3v) is 5.67. The quantitative estimate of drug-likeness (QED) is 0.836. The summed E-state index contributed by atoms with van der Waals surface area (Å²) >= 11 is 0. The largest absolute Gasteiger partial charge is 0.354 e. The molecule has 27 heavy (non-hydrogen) atoms. The molecule has 1 atom stereocenters. The molecule has 2 aromatic rings. The molecule has 2 aliphatic heterocycles. The fourth-order valence-electron chi connectivity index (χ4n) is 4.18. The van der Waals surface area contributed by atoms with Crippen LogP contribution in [0.1, 0.15) is 30.9 Å². The van der Waals surface area contributed by atoms with E-state index < -0.39 is 0 Å². The zero-order valence-electron chi connectivity index (χ0n) is 15.8. The van der Waals surface area contributed by atoms with E-state index in [-0.39, 0.29) is 11.9 Å². The van der Waals surface area contributed by atoms with Gasteiger partial charge in [-0.05, 0) is 37.0 Å². The highest BCUT2D eigenvalue weighted by Crippen LogP contribution is 2.27. The van der Waals surface area contributed by atoms with Crippen molar-refractivity contribution in [1.29, 1.82) is 0 Å². The van der Waals surface area contributed by atoms with Crippen molar-refractivity contribution < 1.29 is 4.79 Å². The Balaban J connectivity index is 1.50. The molecule has 1 aromatic heterocycles. The molecule has 2 fully saturated rings. The molecule has 0 N–H and O–H groups in total. The molecule has 142 valence electrons. The van der Waals surface area contributed by atoms with E-state index in [4.69, 9.17) is 0 Å². The fraction of sp³-hybridized carbons (Fsp3) is 0.455. The minimum Gasteiger partial charge on any atom is -0.354 e. The van der Waals surface area contributed by atoms with Crippen molar-refractivity contribution >= 4 is 11.7 Å². The number of piperidine rings is 1. The number of carbonyl (C=O) groups excluding carboxylic acids is 1. The van der Waals surface area contributed by atoms with Crippen molar-refractivity contribution in [3.05, 3.63) is 60.3 Å². The molecular weight excluding hydrogens is 336 g/mol. The lowest BCUT2D eigenvalue weighted by Gasteiger charge is -2.41. The number of likely N-dealkylation sites (tertiary alicyclic amines) is 1. The molecule has 0 bridgehead atoms. The number of rotatable bonds is 4. The van der Waals surface area contributed by atoms with Crippen molar-refractivity contribution in [2.75, 3.05) is 44.2 Å². The van der Waals surface area contributed by atoms with Crippen LogP contribution in [0.4, 0.5) is 5.82 Å². The maximum atomic E-state index is 13.4. The Labute approximate surface area is 161 Å². The number of benzene rings is 1. The molecule has 0 unspecified atom stereocenters. The maximum absolute atomic E-state index is 13.4. The van der Waals surface area contributed by atoms with E-state index in [1.165, 1.54) is 6.42 Å². The van der Waals surface area contributed by atoms with Crippen molar-refractivity contribution in [1.82, 2.24) is 14.8 Å². The number of aromatic nitrogens is 1. The van der Waals surface area contributed by atoms with Gasteiger partial charge in [0, 0.05) is 45.5 Å². The summed E-state index contributed by atoms with van der Waals surface area (Å²) < 4.78 is 0. The Morgan fingerprint density at radius 1 is 0.815 bits per heavy atom. The summed E-state index contributed by atoms with van der Waals surface area (Å²) in [7, 11) is 0. The fourth-order valence-corrected chi connectivity index (χ4v) is 4.18. The minimum absolute atomic E-state index is 0.171. The van der Waals surface area contributed by atoms with Gasteiger partial charge in [0.1, 0.15) is 11.9 Å². The predicted octanol–water partition coefficient (Wildman–Crippen LogP) is 2.96. The zero-order valence-corrected chi connectivity index (χ0v) is 15.8. The third kappa shape index (κ3) is 4.14. The zero-order chi connectivity index (χ0) is 18.5. The van der Waals surface area contributed by atoms with E-state index in [0.29, 0.717) is 0 Å². The number of anilines is 1. The molecule has 1 amide bonds. The third-order valence-electron chi connectivity index (χ3n) is 5.67. The smallest absolute Gasteiger partial charge is 0.244 e. The molecule has 0 aliphatic carbocycles. The summed E-state index contributed by atoms with van der Waals surface area (Å²) in [5, 5.41) is 0. The predicted molar refractivity (Wildman–Crippen MR) is 108 cm³/mol. The van der Waals surface area contributed by atoms with Gasteiger partial charge in [0.15, 0.2) is 0 Å². The first-order chi connectivity index (χ1) is 13.3. The van der Waals surface area contributed by atoms with Gasteiger partial charge < -0.3 is 9.80 Å². The molecule has 5 nitrogen and oxygen atoms in total. The lowest BCUT2D eigenvalue weighted by atomic mass is 10.0. The number of carbonyl (C=O) groups is 1. The number of amides is 1. The average Bonchev–Trinajstić information content (AvgIpc) is 2.76. The van der Waals surface area contributed by atoms with Gasteiger partial charge in [-0.1, -0.05) is 36.4 Å². The Bertz CT molecular complexity index is 722. The first kappa shape index (κ1) is 18.0. The lowest BCUT2D eigenvalue weighted by molar-refractivity contribution is -0.138. The van der Waals surface area contributed by atoms with E-state index in [1.807, 2.05) is 36.5 Å². The molecule has 0 saturated carbocycles. The number of piperazine rings is 1. The molecule has 2 aliphatic rings. The van der Waals surface area contributed by atoms with Crippen molar-refractivity contribution in [3.63, 3.8) is 0 Å². The maximum Gasteiger partial charge on any atom is 0.244 e. The monoisotopic (exact) mass is 364 g/mol. The summed E-state index contributed by atoms with van der Waals surface area (Å²) in [6, 6.07) is 16.1. The molecular formula is C22H28N4O. The Morgan fingerprint density at radius 2 is 1.52 bits per heavy atom. The summed E-state index contributed by atoms with van der Waals surface area (Å²) in [6.07, 6.45) is 5.33. The number of hydrogen-bond donors (Lipinski definition) is 0. The van der Waals surface area contributed by atoms with Crippen LogP contribution >= 0.6 is 0 Å². The van der Waals surface area contributed by atoms with E-state index >= 15 is 0 Å². The molecule has 1 aromatic carbocycles. The Hall–Kier alpha value is -2.40.